The number of anilines is 1. The molecule has 0 saturated carbocycles. The second-order valence-corrected chi connectivity index (χ2v) is 8.50. The summed E-state index contributed by atoms with van der Waals surface area (Å²) in [5.41, 5.74) is 1.81. The third kappa shape index (κ3) is 5.57. The molecule has 0 saturated heterocycles. The second kappa shape index (κ2) is 8.49. The number of rotatable bonds is 7. The van der Waals surface area contributed by atoms with E-state index in [9.17, 15) is 13.2 Å². The number of benzene rings is 2. The van der Waals surface area contributed by atoms with E-state index in [2.05, 4.69) is 26.0 Å². The van der Waals surface area contributed by atoms with Crippen LogP contribution in [0.15, 0.2) is 53.0 Å². The Kier molecular flexibility index (Phi) is 6.61. The summed E-state index contributed by atoms with van der Waals surface area (Å²) >= 11 is 3.40. The summed E-state index contributed by atoms with van der Waals surface area (Å²) in [6, 6.07) is 14.2. The van der Waals surface area contributed by atoms with E-state index in [1.54, 1.807) is 25.1 Å². The third-order valence-corrected chi connectivity index (χ3v) is 5.60. The molecule has 1 atom stereocenters. The zero-order valence-corrected chi connectivity index (χ0v) is 16.5. The van der Waals surface area contributed by atoms with Gasteiger partial charge in [0.25, 0.3) is 5.91 Å². The Morgan fingerprint density at radius 2 is 1.80 bits per heavy atom. The molecule has 2 N–H and O–H groups in total. The summed E-state index contributed by atoms with van der Waals surface area (Å²) in [6.07, 6.45) is 0.746. The smallest absolute Gasteiger partial charge is 0.251 e. The van der Waals surface area contributed by atoms with Crippen LogP contribution in [0.3, 0.4) is 0 Å². The van der Waals surface area contributed by atoms with Gasteiger partial charge < -0.3 is 5.32 Å². The maximum atomic E-state index is 12.5. The minimum Gasteiger partial charge on any atom is -0.345 e. The number of hydrogen-bond donors (Lipinski definition) is 2. The molecule has 0 spiro atoms. The predicted molar refractivity (Wildman–Crippen MR) is 104 cm³/mol. The number of sulfonamides is 1. The molecule has 0 bridgehead atoms. The average molecular weight is 425 g/mol. The summed E-state index contributed by atoms with van der Waals surface area (Å²) in [5, 5.41) is 2.99. The van der Waals surface area contributed by atoms with Gasteiger partial charge in [-0.1, -0.05) is 41.1 Å². The first-order valence-electron chi connectivity index (χ1n) is 8.01. The molecule has 2 aromatic carbocycles. The maximum absolute atomic E-state index is 12.5. The molecule has 134 valence electrons. The fraction of sp³-hybridized carbons (Fsp3) is 0.278. The summed E-state index contributed by atoms with van der Waals surface area (Å²) in [6.45, 7) is 3.56. The standard InChI is InChI=1S/C18H21BrN2O3S/c1-3-17(13-8-10-15(19)11-9-13)20-18(22)14-6-5-7-16(12-14)21-25(23,24)4-2/h5-12,17,21H,3-4H2,1-2H3,(H,20,22). The van der Waals surface area contributed by atoms with Crippen LogP contribution in [-0.4, -0.2) is 20.1 Å². The van der Waals surface area contributed by atoms with Crippen molar-refractivity contribution >= 4 is 37.5 Å². The van der Waals surface area contributed by atoms with E-state index in [1.807, 2.05) is 31.2 Å². The SMILES string of the molecule is CCC(NC(=O)c1cccc(NS(=O)(=O)CC)c1)c1ccc(Br)cc1. The first kappa shape index (κ1) is 19.5. The average Bonchev–Trinajstić information content (AvgIpc) is 2.60. The van der Waals surface area contributed by atoms with E-state index in [0.717, 1.165) is 16.5 Å². The molecular formula is C18H21BrN2O3S. The largest absolute Gasteiger partial charge is 0.345 e. The molecule has 0 heterocycles. The van der Waals surface area contributed by atoms with Gasteiger partial charge in [0, 0.05) is 15.7 Å². The van der Waals surface area contributed by atoms with Crippen molar-refractivity contribution < 1.29 is 13.2 Å². The number of carbonyl (C=O) groups is 1. The Bertz CT molecular complexity index is 836. The summed E-state index contributed by atoms with van der Waals surface area (Å²) in [4.78, 5) is 12.5. The van der Waals surface area contributed by atoms with Gasteiger partial charge in [-0.2, -0.15) is 0 Å². The van der Waals surface area contributed by atoms with Gasteiger partial charge in [-0.05, 0) is 49.2 Å². The zero-order chi connectivity index (χ0) is 18.4. The highest BCUT2D eigenvalue weighted by atomic mass is 79.9. The lowest BCUT2D eigenvalue weighted by Gasteiger charge is -2.18. The topological polar surface area (TPSA) is 75.3 Å². The van der Waals surface area contributed by atoms with Gasteiger partial charge in [0.1, 0.15) is 0 Å². The normalized spacial score (nSPS) is 12.4. The molecule has 0 aromatic heterocycles. The van der Waals surface area contributed by atoms with Crippen molar-refractivity contribution in [3.8, 4) is 0 Å². The van der Waals surface area contributed by atoms with E-state index < -0.39 is 10.0 Å². The van der Waals surface area contributed by atoms with E-state index in [-0.39, 0.29) is 17.7 Å². The molecule has 25 heavy (non-hydrogen) atoms. The van der Waals surface area contributed by atoms with Gasteiger partial charge in [-0.15, -0.1) is 0 Å². The summed E-state index contributed by atoms with van der Waals surface area (Å²) < 4.78 is 26.8. The lowest BCUT2D eigenvalue weighted by Crippen LogP contribution is -2.28. The van der Waals surface area contributed by atoms with Gasteiger partial charge in [0.05, 0.1) is 11.8 Å². The first-order valence-corrected chi connectivity index (χ1v) is 10.5. The van der Waals surface area contributed by atoms with Crippen molar-refractivity contribution in [2.75, 3.05) is 10.5 Å². The van der Waals surface area contributed by atoms with E-state index in [1.165, 1.54) is 6.07 Å². The molecule has 2 rings (SSSR count). The van der Waals surface area contributed by atoms with Gasteiger partial charge in [0.15, 0.2) is 0 Å². The minimum absolute atomic E-state index is 0.0229. The molecule has 1 unspecified atom stereocenters. The molecule has 0 aliphatic heterocycles. The fourth-order valence-corrected chi connectivity index (χ4v) is 3.23. The predicted octanol–water partition coefficient (Wildman–Crippen LogP) is 4.09. The molecule has 0 fully saturated rings. The maximum Gasteiger partial charge on any atom is 0.251 e. The Balaban J connectivity index is 2.15. The molecule has 0 aliphatic rings. The van der Waals surface area contributed by atoms with Crippen LogP contribution in [0.25, 0.3) is 0 Å². The van der Waals surface area contributed by atoms with Crippen molar-refractivity contribution in [1.29, 1.82) is 0 Å². The van der Waals surface area contributed by atoms with Crippen molar-refractivity contribution in [3.63, 3.8) is 0 Å². The van der Waals surface area contributed by atoms with Crippen LogP contribution in [-0.2, 0) is 10.0 Å². The highest BCUT2D eigenvalue weighted by Crippen LogP contribution is 2.20. The Morgan fingerprint density at radius 3 is 2.40 bits per heavy atom. The van der Waals surface area contributed by atoms with Gasteiger partial charge in [0.2, 0.25) is 10.0 Å². The molecule has 7 heteroatoms. The van der Waals surface area contributed by atoms with Crippen LogP contribution in [0.4, 0.5) is 5.69 Å². The third-order valence-electron chi connectivity index (χ3n) is 3.76. The van der Waals surface area contributed by atoms with Crippen molar-refractivity contribution in [3.05, 3.63) is 64.1 Å². The quantitative estimate of drug-likeness (QED) is 0.702. The van der Waals surface area contributed by atoms with E-state index in [4.69, 9.17) is 0 Å². The molecular weight excluding hydrogens is 404 g/mol. The highest BCUT2D eigenvalue weighted by Gasteiger charge is 2.15. The zero-order valence-electron chi connectivity index (χ0n) is 14.1. The summed E-state index contributed by atoms with van der Waals surface area (Å²) in [5.74, 6) is -0.266. The number of carbonyl (C=O) groups excluding carboxylic acids is 1. The molecule has 1 amide bonds. The number of halogens is 1. The van der Waals surface area contributed by atoms with Crippen LogP contribution in [0.1, 0.15) is 42.2 Å². The monoisotopic (exact) mass is 424 g/mol. The van der Waals surface area contributed by atoms with Crippen molar-refractivity contribution in [2.45, 2.75) is 26.3 Å². The van der Waals surface area contributed by atoms with E-state index in [0.29, 0.717) is 11.3 Å². The number of nitrogens with one attached hydrogen (secondary N) is 2. The fourth-order valence-electron chi connectivity index (χ4n) is 2.33. The summed E-state index contributed by atoms with van der Waals surface area (Å²) in [7, 11) is -3.38. The molecule has 5 nitrogen and oxygen atoms in total. The number of hydrogen-bond acceptors (Lipinski definition) is 3. The number of amides is 1. The lowest BCUT2D eigenvalue weighted by atomic mass is 10.0. The Labute approximate surface area is 157 Å². The van der Waals surface area contributed by atoms with Crippen LogP contribution in [0, 0.1) is 0 Å². The molecule has 0 aliphatic carbocycles. The Hall–Kier alpha value is -1.86. The lowest BCUT2D eigenvalue weighted by molar-refractivity contribution is 0.0935. The minimum atomic E-state index is -3.38. The van der Waals surface area contributed by atoms with Gasteiger partial charge in [-0.3, -0.25) is 9.52 Å². The molecule has 0 radical (unpaired) electrons. The van der Waals surface area contributed by atoms with Crippen LogP contribution in [0.5, 0.6) is 0 Å². The van der Waals surface area contributed by atoms with Crippen LogP contribution >= 0.6 is 15.9 Å². The first-order chi connectivity index (χ1) is 11.8. The van der Waals surface area contributed by atoms with Crippen LogP contribution in [0.2, 0.25) is 0 Å². The van der Waals surface area contributed by atoms with E-state index >= 15 is 0 Å². The van der Waals surface area contributed by atoms with Gasteiger partial charge in [-0.25, -0.2) is 8.42 Å². The van der Waals surface area contributed by atoms with Crippen molar-refractivity contribution in [2.24, 2.45) is 0 Å². The molecule has 2 aromatic rings. The second-order valence-electron chi connectivity index (χ2n) is 5.57. The van der Waals surface area contributed by atoms with Gasteiger partial charge >= 0.3 is 0 Å². The van der Waals surface area contributed by atoms with Crippen LogP contribution < -0.4 is 10.0 Å². The highest BCUT2D eigenvalue weighted by molar-refractivity contribution is 9.10. The van der Waals surface area contributed by atoms with Crippen molar-refractivity contribution in [1.82, 2.24) is 5.32 Å². The Morgan fingerprint density at radius 1 is 1.12 bits per heavy atom.